The number of allylic oxidation sites excluding steroid dienone is 6. The Morgan fingerprint density at radius 1 is 1.00 bits per heavy atom. The third-order valence-corrected chi connectivity index (χ3v) is 2.81. The van der Waals surface area contributed by atoms with Crippen LogP contribution in [0, 0.1) is 5.92 Å². The van der Waals surface area contributed by atoms with Crippen molar-refractivity contribution in [2.24, 2.45) is 5.92 Å². The molecule has 0 bridgehead atoms. The number of rotatable bonds is 4. The minimum absolute atomic E-state index is 0.748. The van der Waals surface area contributed by atoms with Crippen LogP contribution in [0.5, 0.6) is 0 Å². The second kappa shape index (κ2) is 6.42. The molecular weight excluding hydrogens is 168 g/mol. The first-order valence-corrected chi connectivity index (χ1v) is 5.50. The van der Waals surface area contributed by atoms with Crippen LogP contribution in [-0.2, 0) is 0 Å². The summed E-state index contributed by atoms with van der Waals surface area (Å²) in [4.78, 5) is 0. The van der Waals surface area contributed by atoms with Crippen molar-refractivity contribution in [3.8, 4) is 0 Å². The molecule has 0 aromatic carbocycles. The smallest absolute Gasteiger partial charge is 0.0162 e. The Kier molecular flexibility index (Phi) is 5.06. The molecule has 0 atom stereocenters. The molecule has 76 valence electrons. The number of hydrogen-bond acceptors (Lipinski definition) is 0. The van der Waals surface area contributed by atoms with Crippen molar-refractivity contribution < 1.29 is 0 Å². The van der Waals surface area contributed by atoms with Gasteiger partial charge in [0.15, 0.2) is 0 Å². The van der Waals surface area contributed by atoms with E-state index in [1.54, 1.807) is 0 Å². The zero-order valence-corrected chi connectivity index (χ0v) is 8.91. The average Bonchev–Trinajstić information content (AvgIpc) is 2.25. The highest BCUT2D eigenvalue weighted by Crippen LogP contribution is 2.30. The van der Waals surface area contributed by atoms with E-state index in [0.29, 0.717) is 0 Å². The zero-order valence-electron chi connectivity index (χ0n) is 8.91. The molecule has 0 saturated heterocycles. The Hall–Kier alpha value is -1.04. The van der Waals surface area contributed by atoms with Crippen molar-refractivity contribution in [2.45, 2.75) is 32.1 Å². The molecule has 0 heteroatoms. The Bertz CT molecular complexity index is 237. The Morgan fingerprint density at radius 2 is 1.71 bits per heavy atom. The van der Waals surface area contributed by atoms with Crippen LogP contribution in [0.25, 0.3) is 0 Å². The van der Waals surface area contributed by atoms with Crippen LogP contribution in [0.2, 0.25) is 0 Å². The van der Waals surface area contributed by atoms with Crippen LogP contribution in [0.3, 0.4) is 0 Å². The first-order valence-electron chi connectivity index (χ1n) is 5.50. The van der Waals surface area contributed by atoms with Crippen molar-refractivity contribution in [3.05, 3.63) is 49.1 Å². The standard InChI is InChI=1S/C14H20/c1-3-5-10-13(9-4-2)14-11-7-6-8-12-14/h3-5,9-10,14H,1-2,6-8,11-12H2/b10-5-,13-9+. The molecule has 0 aromatic heterocycles. The first-order chi connectivity index (χ1) is 6.88. The van der Waals surface area contributed by atoms with Gasteiger partial charge in [-0.1, -0.05) is 62.8 Å². The van der Waals surface area contributed by atoms with E-state index in [4.69, 9.17) is 0 Å². The van der Waals surface area contributed by atoms with Gasteiger partial charge in [-0.05, 0) is 24.3 Å². The number of hydrogen-bond donors (Lipinski definition) is 0. The van der Waals surface area contributed by atoms with Crippen molar-refractivity contribution in [1.29, 1.82) is 0 Å². The summed E-state index contributed by atoms with van der Waals surface area (Å²) in [5.41, 5.74) is 1.42. The lowest BCUT2D eigenvalue weighted by Gasteiger charge is -2.22. The molecule has 0 unspecified atom stereocenters. The summed E-state index contributed by atoms with van der Waals surface area (Å²) in [5, 5.41) is 0. The van der Waals surface area contributed by atoms with Gasteiger partial charge in [-0.2, -0.15) is 0 Å². The van der Waals surface area contributed by atoms with E-state index in [9.17, 15) is 0 Å². The normalized spacial score (nSPS) is 19.9. The molecule has 1 saturated carbocycles. The molecule has 0 N–H and O–H groups in total. The third kappa shape index (κ3) is 3.37. The summed E-state index contributed by atoms with van der Waals surface area (Å²) >= 11 is 0. The van der Waals surface area contributed by atoms with Crippen molar-refractivity contribution in [3.63, 3.8) is 0 Å². The van der Waals surface area contributed by atoms with Crippen LogP contribution in [0.15, 0.2) is 49.1 Å². The van der Waals surface area contributed by atoms with E-state index < -0.39 is 0 Å². The van der Waals surface area contributed by atoms with Gasteiger partial charge in [0.05, 0.1) is 0 Å². The predicted molar refractivity (Wildman–Crippen MR) is 64.2 cm³/mol. The minimum Gasteiger partial charge on any atom is -0.0991 e. The van der Waals surface area contributed by atoms with E-state index in [0.717, 1.165) is 5.92 Å². The van der Waals surface area contributed by atoms with Gasteiger partial charge in [0, 0.05) is 0 Å². The van der Waals surface area contributed by atoms with Gasteiger partial charge in [-0.15, -0.1) is 0 Å². The summed E-state index contributed by atoms with van der Waals surface area (Å²) < 4.78 is 0. The molecule has 0 heterocycles. The van der Waals surface area contributed by atoms with Gasteiger partial charge in [0.1, 0.15) is 0 Å². The lowest BCUT2D eigenvalue weighted by atomic mass is 9.83. The summed E-state index contributed by atoms with van der Waals surface area (Å²) in [6, 6.07) is 0. The first kappa shape index (κ1) is 11.0. The lowest BCUT2D eigenvalue weighted by molar-refractivity contribution is 0.408. The molecule has 0 aromatic rings. The molecule has 0 nitrogen and oxygen atoms in total. The molecule has 1 aliphatic carbocycles. The summed E-state index contributed by atoms with van der Waals surface area (Å²) in [6.07, 6.45) is 16.9. The van der Waals surface area contributed by atoms with Gasteiger partial charge < -0.3 is 0 Å². The van der Waals surface area contributed by atoms with E-state index in [1.807, 2.05) is 18.2 Å². The van der Waals surface area contributed by atoms with Gasteiger partial charge in [0.2, 0.25) is 0 Å². The molecule has 14 heavy (non-hydrogen) atoms. The second-order valence-electron chi connectivity index (χ2n) is 3.83. The van der Waals surface area contributed by atoms with Gasteiger partial charge >= 0.3 is 0 Å². The van der Waals surface area contributed by atoms with Crippen LogP contribution >= 0.6 is 0 Å². The molecule has 0 aliphatic heterocycles. The quantitative estimate of drug-likeness (QED) is 0.573. The highest BCUT2D eigenvalue weighted by atomic mass is 14.2. The highest BCUT2D eigenvalue weighted by molar-refractivity contribution is 5.27. The van der Waals surface area contributed by atoms with Crippen LogP contribution < -0.4 is 0 Å². The maximum absolute atomic E-state index is 3.77. The monoisotopic (exact) mass is 188 g/mol. The van der Waals surface area contributed by atoms with Crippen LogP contribution in [-0.4, -0.2) is 0 Å². The topological polar surface area (TPSA) is 0 Å². The van der Waals surface area contributed by atoms with E-state index >= 15 is 0 Å². The van der Waals surface area contributed by atoms with Crippen molar-refractivity contribution >= 4 is 0 Å². The van der Waals surface area contributed by atoms with E-state index in [-0.39, 0.29) is 0 Å². The summed E-state index contributed by atoms with van der Waals surface area (Å²) in [7, 11) is 0. The van der Waals surface area contributed by atoms with Crippen LogP contribution in [0.4, 0.5) is 0 Å². The van der Waals surface area contributed by atoms with Crippen LogP contribution in [0.1, 0.15) is 32.1 Å². The van der Waals surface area contributed by atoms with Gasteiger partial charge in [-0.25, -0.2) is 0 Å². The SMILES string of the molecule is C=C/C=C\C(=C/C=C)C1CCCCC1. The largest absolute Gasteiger partial charge is 0.0991 e. The maximum atomic E-state index is 3.77. The minimum atomic E-state index is 0.748. The predicted octanol–water partition coefficient (Wildman–Crippen LogP) is 4.42. The van der Waals surface area contributed by atoms with E-state index in [2.05, 4.69) is 25.3 Å². The summed E-state index contributed by atoms with van der Waals surface area (Å²) in [6.45, 7) is 7.47. The Morgan fingerprint density at radius 3 is 2.29 bits per heavy atom. The highest BCUT2D eigenvalue weighted by Gasteiger charge is 2.15. The third-order valence-electron chi connectivity index (χ3n) is 2.81. The van der Waals surface area contributed by atoms with E-state index in [1.165, 1.54) is 37.7 Å². The fourth-order valence-electron chi connectivity index (χ4n) is 2.08. The van der Waals surface area contributed by atoms with Gasteiger partial charge in [0.25, 0.3) is 0 Å². The molecular formula is C14H20. The fourth-order valence-corrected chi connectivity index (χ4v) is 2.08. The van der Waals surface area contributed by atoms with Crippen molar-refractivity contribution in [1.82, 2.24) is 0 Å². The van der Waals surface area contributed by atoms with Crippen molar-refractivity contribution in [2.75, 3.05) is 0 Å². The molecule has 1 aliphatic rings. The molecule has 0 amide bonds. The summed E-state index contributed by atoms with van der Waals surface area (Å²) in [5.74, 6) is 0.748. The molecule has 0 radical (unpaired) electrons. The maximum Gasteiger partial charge on any atom is -0.0162 e. The molecule has 1 fully saturated rings. The molecule has 0 spiro atoms. The Balaban J connectivity index is 2.65. The zero-order chi connectivity index (χ0) is 10.2. The second-order valence-corrected chi connectivity index (χ2v) is 3.83. The lowest BCUT2D eigenvalue weighted by Crippen LogP contribution is -2.07. The average molecular weight is 188 g/mol. The van der Waals surface area contributed by atoms with Gasteiger partial charge in [-0.3, -0.25) is 0 Å². The fraction of sp³-hybridized carbons (Fsp3) is 0.429. The molecule has 1 rings (SSSR count). The Labute approximate surface area is 87.7 Å².